The minimum absolute atomic E-state index is 0.00513. The first-order valence-corrected chi connectivity index (χ1v) is 10.1. The first-order valence-electron chi connectivity index (χ1n) is 10.1. The van der Waals surface area contributed by atoms with E-state index < -0.39 is 0 Å². The monoisotopic (exact) mass is 371 g/mol. The largest absolute Gasteiger partial charge is 0.347 e. The van der Waals surface area contributed by atoms with Gasteiger partial charge in [-0.25, -0.2) is 0 Å². The lowest BCUT2D eigenvalue weighted by atomic mass is 9.81. The van der Waals surface area contributed by atoms with E-state index in [4.69, 9.17) is 0 Å². The number of hydrogen-bond acceptors (Lipinski definition) is 1. The molecule has 4 rings (SSSR count). The summed E-state index contributed by atoms with van der Waals surface area (Å²) < 4.78 is 2.33. The van der Waals surface area contributed by atoms with Crippen LogP contribution in [0.2, 0.25) is 0 Å². The Morgan fingerprint density at radius 2 is 1.64 bits per heavy atom. The van der Waals surface area contributed by atoms with Gasteiger partial charge in [0.05, 0.1) is 5.41 Å². The molecule has 2 aliphatic rings. The van der Waals surface area contributed by atoms with Crippen LogP contribution in [0.3, 0.4) is 0 Å². The minimum Gasteiger partial charge on any atom is -0.347 e. The highest BCUT2D eigenvalue weighted by atomic mass is 15.2. The smallest absolute Gasteiger partial charge is 0.209 e. The van der Waals surface area contributed by atoms with Crippen molar-refractivity contribution in [1.82, 2.24) is 0 Å². The molecular formula is C26H31N2+. The summed E-state index contributed by atoms with van der Waals surface area (Å²) in [5.41, 5.74) is 9.43. The molecule has 0 N–H and O–H groups in total. The quantitative estimate of drug-likeness (QED) is 0.599. The zero-order valence-corrected chi connectivity index (χ0v) is 18.2. The van der Waals surface area contributed by atoms with Crippen molar-refractivity contribution in [2.45, 2.75) is 45.4 Å². The van der Waals surface area contributed by atoms with Gasteiger partial charge in [-0.15, -0.1) is 0 Å². The van der Waals surface area contributed by atoms with E-state index in [1.807, 2.05) is 0 Å². The highest BCUT2D eigenvalue weighted by Gasteiger charge is 2.42. The van der Waals surface area contributed by atoms with E-state index in [1.165, 1.54) is 39.5 Å². The lowest BCUT2D eigenvalue weighted by Gasteiger charge is -2.23. The molecule has 0 radical (unpaired) electrons. The molecule has 0 bridgehead atoms. The molecule has 0 saturated heterocycles. The second kappa shape index (κ2) is 6.20. The van der Waals surface area contributed by atoms with Crippen LogP contribution in [-0.2, 0) is 10.8 Å². The van der Waals surface area contributed by atoms with Gasteiger partial charge >= 0.3 is 0 Å². The van der Waals surface area contributed by atoms with Gasteiger partial charge in [-0.05, 0) is 38.5 Å². The number of para-hydroxylation sites is 1. The molecule has 2 nitrogen and oxygen atoms in total. The number of allylic oxidation sites excluding steroid dienone is 4. The van der Waals surface area contributed by atoms with Gasteiger partial charge in [0.1, 0.15) is 7.05 Å². The van der Waals surface area contributed by atoms with Gasteiger partial charge in [0.2, 0.25) is 5.69 Å². The predicted molar refractivity (Wildman–Crippen MR) is 120 cm³/mol. The van der Waals surface area contributed by atoms with E-state index in [0.717, 1.165) is 0 Å². The molecule has 0 aromatic heterocycles. The van der Waals surface area contributed by atoms with Gasteiger partial charge in [-0.1, -0.05) is 55.8 Å². The number of aryl methyl sites for hydroxylation is 1. The van der Waals surface area contributed by atoms with Crippen LogP contribution >= 0.6 is 0 Å². The molecule has 0 saturated carbocycles. The summed E-state index contributed by atoms with van der Waals surface area (Å²) in [6.07, 6.45) is 6.80. The first kappa shape index (κ1) is 18.7. The molecule has 0 atom stereocenters. The van der Waals surface area contributed by atoms with E-state index in [0.29, 0.717) is 0 Å². The van der Waals surface area contributed by atoms with Gasteiger partial charge in [-0.3, -0.25) is 0 Å². The normalized spacial score (nSPS) is 21.0. The van der Waals surface area contributed by atoms with E-state index in [1.54, 1.807) is 0 Å². The Morgan fingerprint density at radius 3 is 2.36 bits per heavy atom. The third-order valence-electron chi connectivity index (χ3n) is 6.64. The molecule has 0 fully saturated rings. The standard InChI is InChI=1S/C26H31N2/c1-18-15-16-22-20(17-18)26(4,5)24(28(22)7)14-10-13-23-25(2,3)19-11-8-9-12-21(19)27(23)6/h8-17H,1-7H3/q+1. The maximum atomic E-state index is 2.34. The maximum absolute atomic E-state index is 2.34. The summed E-state index contributed by atoms with van der Waals surface area (Å²) in [5.74, 6) is 0. The Morgan fingerprint density at radius 1 is 0.929 bits per heavy atom. The van der Waals surface area contributed by atoms with Gasteiger partial charge in [-0.2, -0.15) is 4.58 Å². The minimum atomic E-state index is 0.00513. The van der Waals surface area contributed by atoms with Crippen molar-refractivity contribution in [2.24, 2.45) is 0 Å². The second-order valence-corrected chi connectivity index (χ2v) is 9.20. The van der Waals surface area contributed by atoms with Crippen molar-refractivity contribution in [3.05, 3.63) is 83.1 Å². The highest BCUT2D eigenvalue weighted by molar-refractivity contribution is 6.03. The fourth-order valence-electron chi connectivity index (χ4n) is 4.98. The van der Waals surface area contributed by atoms with Gasteiger partial charge in [0.25, 0.3) is 0 Å². The highest BCUT2D eigenvalue weighted by Crippen LogP contribution is 2.47. The van der Waals surface area contributed by atoms with Crippen molar-refractivity contribution >= 4 is 17.1 Å². The summed E-state index contributed by atoms with van der Waals surface area (Å²) in [6, 6.07) is 15.5. The molecule has 0 amide bonds. The van der Waals surface area contributed by atoms with E-state index in [9.17, 15) is 0 Å². The van der Waals surface area contributed by atoms with Crippen molar-refractivity contribution in [3.8, 4) is 0 Å². The van der Waals surface area contributed by atoms with Gasteiger partial charge in [0, 0.05) is 41.6 Å². The Labute approximate surface area is 169 Å². The van der Waals surface area contributed by atoms with E-state index in [2.05, 4.69) is 119 Å². The molecule has 2 aliphatic heterocycles. The number of benzene rings is 2. The number of anilines is 1. The molecule has 2 heteroatoms. The van der Waals surface area contributed by atoms with Crippen LogP contribution in [0.15, 0.2) is 66.4 Å². The van der Waals surface area contributed by atoms with Gasteiger partial charge < -0.3 is 4.90 Å². The molecule has 2 aromatic rings. The number of likely N-dealkylation sites (N-methyl/N-ethyl adjacent to an activating group) is 1. The number of nitrogens with zero attached hydrogens (tertiary/aromatic N) is 2. The molecule has 144 valence electrons. The third kappa shape index (κ3) is 2.58. The molecule has 0 aliphatic carbocycles. The Balaban J connectivity index is 1.71. The third-order valence-corrected chi connectivity index (χ3v) is 6.64. The van der Waals surface area contributed by atoms with Crippen LogP contribution in [0, 0.1) is 6.92 Å². The number of rotatable bonds is 2. The Bertz CT molecular complexity index is 1050. The summed E-state index contributed by atoms with van der Waals surface area (Å²) in [6.45, 7) is 11.4. The molecule has 0 spiro atoms. The number of fused-ring (bicyclic) bond motifs is 2. The first-order chi connectivity index (χ1) is 13.2. The summed E-state index contributed by atoms with van der Waals surface area (Å²) in [4.78, 5) is 2.34. The van der Waals surface area contributed by atoms with Crippen molar-refractivity contribution < 1.29 is 4.58 Å². The van der Waals surface area contributed by atoms with E-state index in [-0.39, 0.29) is 10.8 Å². The average Bonchev–Trinajstić information content (AvgIpc) is 2.96. The van der Waals surface area contributed by atoms with Crippen LogP contribution < -0.4 is 4.90 Å². The van der Waals surface area contributed by atoms with Crippen LogP contribution in [0.4, 0.5) is 11.4 Å². The maximum Gasteiger partial charge on any atom is 0.209 e. The van der Waals surface area contributed by atoms with Crippen molar-refractivity contribution in [1.29, 1.82) is 0 Å². The fraction of sp³-hybridized carbons (Fsp3) is 0.346. The van der Waals surface area contributed by atoms with Crippen LogP contribution in [0.25, 0.3) is 0 Å². The summed E-state index contributed by atoms with van der Waals surface area (Å²) in [5, 5.41) is 0. The van der Waals surface area contributed by atoms with Crippen LogP contribution in [0.1, 0.15) is 44.4 Å². The molecule has 2 aromatic carbocycles. The van der Waals surface area contributed by atoms with Crippen LogP contribution in [0.5, 0.6) is 0 Å². The zero-order valence-electron chi connectivity index (χ0n) is 18.2. The Kier molecular flexibility index (Phi) is 4.15. The second-order valence-electron chi connectivity index (χ2n) is 9.20. The number of hydrogen-bond donors (Lipinski definition) is 0. The summed E-state index contributed by atoms with van der Waals surface area (Å²) in [7, 11) is 4.35. The zero-order chi connectivity index (χ0) is 20.3. The SMILES string of the molecule is Cc1ccc2c(c1)C(C)(C)/C(=C\C=C\C1=[N+](C)c3ccccc3C1(C)C)N2C. The average molecular weight is 372 g/mol. The Hall–Kier alpha value is -2.61. The predicted octanol–water partition coefficient (Wildman–Crippen LogP) is 5.87. The molecular weight excluding hydrogens is 340 g/mol. The molecule has 2 heterocycles. The van der Waals surface area contributed by atoms with Crippen molar-refractivity contribution in [3.63, 3.8) is 0 Å². The van der Waals surface area contributed by atoms with Gasteiger partial charge in [0.15, 0.2) is 5.71 Å². The summed E-state index contributed by atoms with van der Waals surface area (Å²) >= 11 is 0. The lowest BCUT2D eigenvalue weighted by molar-refractivity contribution is -0.401. The molecule has 28 heavy (non-hydrogen) atoms. The topological polar surface area (TPSA) is 6.25 Å². The fourth-order valence-corrected chi connectivity index (χ4v) is 4.98. The lowest BCUT2D eigenvalue weighted by Crippen LogP contribution is -2.26. The van der Waals surface area contributed by atoms with E-state index >= 15 is 0 Å². The molecule has 0 unspecified atom stereocenters. The van der Waals surface area contributed by atoms with Crippen LogP contribution in [-0.4, -0.2) is 24.4 Å². The van der Waals surface area contributed by atoms with Crippen molar-refractivity contribution in [2.75, 3.05) is 19.0 Å².